The standard InChI is InChI=1S/C18H29FN2/c1-5-17(15-8-6-7-9-16(15)19)20-14-10-12-21(13-11-14)18(2,3)4/h6-9,14,17,20H,5,10-13H2,1-4H3. The molecular formula is C18H29FN2. The van der Waals surface area contributed by atoms with E-state index in [1.54, 1.807) is 12.1 Å². The average Bonchev–Trinajstić information content (AvgIpc) is 2.45. The van der Waals surface area contributed by atoms with Crippen molar-refractivity contribution in [1.29, 1.82) is 0 Å². The fourth-order valence-electron chi connectivity index (χ4n) is 3.19. The highest BCUT2D eigenvalue weighted by Crippen LogP contribution is 2.24. The van der Waals surface area contributed by atoms with E-state index in [1.165, 1.54) is 0 Å². The first-order chi connectivity index (χ1) is 9.91. The minimum Gasteiger partial charge on any atom is -0.307 e. The largest absolute Gasteiger partial charge is 0.307 e. The number of halogens is 1. The van der Waals surface area contributed by atoms with E-state index in [-0.39, 0.29) is 17.4 Å². The Hall–Kier alpha value is -0.930. The van der Waals surface area contributed by atoms with E-state index in [9.17, 15) is 4.39 Å². The summed E-state index contributed by atoms with van der Waals surface area (Å²) in [5.74, 6) is -0.0935. The molecule has 0 aromatic heterocycles. The number of piperidine rings is 1. The number of nitrogens with one attached hydrogen (secondary N) is 1. The van der Waals surface area contributed by atoms with Crippen LogP contribution >= 0.6 is 0 Å². The van der Waals surface area contributed by atoms with Gasteiger partial charge in [-0.15, -0.1) is 0 Å². The van der Waals surface area contributed by atoms with Gasteiger partial charge in [-0.3, -0.25) is 4.90 Å². The Labute approximate surface area is 128 Å². The molecule has 1 N–H and O–H groups in total. The zero-order valence-electron chi connectivity index (χ0n) is 13.8. The maximum Gasteiger partial charge on any atom is 0.127 e. The third kappa shape index (κ3) is 4.27. The van der Waals surface area contributed by atoms with Crippen LogP contribution in [0.2, 0.25) is 0 Å². The average molecular weight is 292 g/mol. The molecule has 0 bridgehead atoms. The first-order valence-electron chi connectivity index (χ1n) is 8.17. The predicted octanol–water partition coefficient (Wildman–Crippen LogP) is 4.13. The van der Waals surface area contributed by atoms with E-state index < -0.39 is 0 Å². The quantitative estimate of drug-likeness (QED) is 0.897. The van der Waals surface area contributed by atoms with E-state index in [1.807, 2.05) is 12.1 Å². The Morgan fingerprint density at radius 1 is 1.24 bits per heavy atom. The van der Waals surface area contributed by atoms with Crippen LogP contribution in [0.5, 0.6) is 0 Å². The van der Waals surface area contributed by atoms with E-state index in [4.69, 9.17) is 0 Å². The molecule has 1 saturated heterocycles. The topological polar surface area (TPSA) is 15.3 Å². The number of likely N-dealkylation sites (tertiary alicyclic amines) is 1. The fraction of sp³-hybridized carbons (Fsp3) is 0.667. The lowest BCUT2D eigenvalue weighted by molar-refractivity contribution is 0.0934. The van der Waals surface area contributed by atoms with Crippen molar-refractivity contribution < 1.29 is 4.39 Å². The van der Waals surface area contributed by atoms with Crippen LogP contribution in [0.15, 0.2) is 24.3 Å². The van der Waals surface area contributed by atoms with Crippen LogP contribution in [-0.2, 0) is 0 Å². The lowest BCUT2D eigenvalue weighted by atomic mass is 9.96. The summed E-state index contributed by atoms with van der Waals surface area (Å²) in [6.45, 7) is 11.2. The number of hydrogen-bond acceptors (Lipinski definition) is 2. The van der Waals surface area contributed by atoms with Gasteiger partial charge in [0.15, 0.2) is 0 Å². The van der Waals surface area contributed by atoms with E-state index in [0.29, 0.717) is 6.04 Å². The van der Waals surface area contributed by atoms with Gasteiger partial charge in [0.2, 0.25) is 0 Å². The molecule has 21 heavy (non-hydrogen) atoms. The van der Waals surface area contributed by atoms with Crippen LogP contribution in [0.3, 0.4) is 0 Å². The molecule has 0 saturated carbocycles. The van der Waals surface area contributed by atoms with Crippen molar-refractivity contribution in [2.75, 3.05) is 13.1 Å². The molecule has 0 amide bonds. The molecule has 1 aromatic carbocycles. The second-order valence-electron chi connectivity index (χ2n) is 7.08. The summed E-state index contributed by atoms with van der Waals surface area (Å²) in [4.78, 5) is 2.54. The molecular weight excluding hydrogens is 263 g/mol. The van der Waals surface area contributed by atoms with Crippen LogP contribution in [0.1, 0.15) is 58.6 Å². The summed E-state index contributed by atoms with van der Waals surface area (Å²) in [7, 11) is 0. The SMILES string of the molecule is CCC(NC1CCN(C(C)(C)C)CC1)c1ccccc1F. The number of nitrogens with zero attached hydrogens (tertiary/aromatic N) is 1. The molecule has 1 aliphatic heterocycles. The Kier molecular flexibility index (Phi) is 5.39. The molecule has 0 radical (unpaired) electrons. The summed E-state index contributed by atoms with van der Waals surface area (Å²) in [5.41, 5.74) is 1.05. The molecule has 1 heterocycles. The van der Waals surface area contributed by atoms with Gasteiger partial charge in [-0.2, -0.15) is 0 Å². The van der Waals surface area contributed by atoms with Crippen molar-refractivity contribution in [2.24, 2.45) is 0 Å². The van der Waals surface area contributed by atoms with Gasteiger partial charge in [-0.25, -0.2) is 4.39 Å². The first kappa shape index (κ1) is 16.4. The first-order valence-corrected chi connectivity index (χ1v) is 8.17. The van der Waals surface area contributed by atoms with Crippen molar-refractivity contribution in [3.63, 3.8) is 0 Å². The molecule has 1 fully saturated rings. The Morgan fingerprint density at radius 2 is 1.86 bits per heavy atom. The maximum atomic E-state index is 14.0. The highest BCUT2D eigenvalue weighted by Gasteiger charge is 2.28. The molecule has 2 rings (SSSR count). The van der Waals surface area contributed by atoms with Gasteiger partial charge in [0.05, 0.1) is 0 Å². The van der Waals surface area contributed by atoms with Crippen LogP contribution in [0.4, 0.5) is 4.39 Å². The monoisotopic (exact) mass is 292 g/mol. The number of rotatable bonds is 4. The van der Waals surface area contributed by atoms with Crippen LogP contribution < -0.4 is 5.32 Å². The second-order valence-corrected chi connectivity index (χ2v) is 7.08. The van der Waals surface area contributed by atoms with Crippen molar-refractivity contribution >= 4 is 0 Å². The third-order valence-corrected chi connectivity index (χ3v) is 4.57. The van der Waals surface area contributed by atoms with E-state index in [2.05, 4.69) is 37.9 Å². The minimum atomic E-state index is -0.0935. The van der Waals surface area contributed by atoms with Gasteiger partial charge in [-0.05, 0) is 46.1 Å². The van der Waals surface area contributed by atoms with Crippen LogP contribution in [0, 0.1) is 5.82 Å². The summed E-state index contributed by atoms with van der Waals surface area (Å²) in [5, 5.41) is 3.67. The molecule has 0 aliphatic carbocycles. The van der Waals surface area contributed by atoms with Gasteiger partial charge in [0, 0.05) is 36.3 Å². The van der Waals surface area contributed by atoms with E-state index >= 15 is 0 Å². The van der Waals surface area contributed by atoms with Gasteiger partial charge < -0.3 is 5.32 Å². The lowest BCUT2D eigenvalue weighted by Crippen LogP contribution is -2.50. The Morgan fingerprint density at radius 3 is 2.38 bits per heavy atom. The Balaban J connectivity index is 1.94. The molecule has 0 spiro atoms. The fourth-order valence-corrected chi connectivity index (χ4v) is 3.19. The maximum absolute atomic E-state index is 14.0. The second kappa shape index (κ2) is 6.89. The normalized spacial score (nSPS) is 19.7. The summed E-state index contributed by atoms with van der Waals surface area (Å²) >= 11 is 0. The lowest BCUT2D eigenvalue weighted by Gasteiger charge is -2.41. The highest BCUT2D eigenvalue weighted by atomic mass is 19.1. The van der Waals surface area contributed by atoms with Crippen molar-refractivity contribution in [3.8, 4) is 0 Å². The predicted molar refractivity (Wildman–Crippen MR) is 86.9 cm³/mol. The van der Waals surface area contributed by atoms with Crippen molar-refractivity contribution in [2.45, 2.75) is 64.6 Å². The number of benzene rings is 1. The molecule has 1 atom stereocenters. The van der Waals surface area contributed by atoms with Gasteiger partial charge in [-0.1, -0.05) is 25.1 Å². The minimum absolute atomic E-state index is 0.0935. The molecule has 118 valence electrons. The van der Waals surface area contributed by atoms with Crippen LogP contribution in [-0.4, -0.2) is 29.6 Å². The molecule has 1 aromatic rings. The summed E-state index contributed by atoms with van der Waals surface area (Å²) in [6.07, 6.45) is 3.20. The van der Waals surface area contributed by atoms with Gasteiger partial charge in [0.25, 0.3) is 0 Å². The van der Waals surface area contributed by atoms with Gasteiger partial charge >= 0.3 is 0 Å². The van der Waals surface area contributed by atoms with Crippen molar-refractivity contribution in [1.82, 2.24) is 10.2 Å². The molecule has 1 aliphatic rings. The molecule has 3 heteroatoms. The highest BCUT2D eigenvalue weighted by molar-refractivity contribution is 5.21. The van der Waals surface area contributed by atoms with E-state index in [0.717, 1.165) is 37.9 Å². The van der Waals surface area contributed by atoms with Crippen molar-refractivity contribution in [3.05, 3.63) is 35.6 Å². The Bertz CT molecular complexity index is 445. The number of hydrogen-bond donors (Lipinski definition) is 1. The van der Waals surface area contributed by atoms with Crippen LogP contribution in [0.25, 0.3) is 0 Å². The molecule has 1 unspecified atom stereocenters. The molecule has 2 nitrogen and oxygen atoms in total. The summed E-state index contributed by atoms with van der Waals surface area (Å²) < 4.78 is 14.0. The third-order valence-electron chi connectivity index (χ3n) is 4.57. The smallest absolute Gasteiger partial charge is 0.127 e. The van der Waals surface area contributed by atoms with Gasteiger partial charge in [0.1, 0.15) is 5.82 Å². The zero-order valence-corrected chi connectivity index (χ0v) is 13.8. The zero-order chi connectivity index (χ0) is 15.5. The summed E-state index contributed by atoms with van der Waals surface area (Å²) in [6, 6.07) is 7.76.